The molecule has 0 aromatic heterocycles. The van der Waals surface area contributed by atoms with E-state index in [2.05, 4.69) is 36.7 Å². The third-order valence-electron chi connectivity index (χ3n) is 3.97. The van der Waals surface area contributed by atoms with Crippen LogP contribution in [0.1, 0.15) is 45.6 Å². The molecule has 1 aliphatic carbocycles. The Morgan fingerprint density at radius 1 is 1.37 bits per heavy atom. The van der Waals surface area contributed by atoms with Gasteiger partial charge in [-0.1, -0.05) is 42.8 Å². The van der Waals surface area contributed by atoms with Gasteiger partial charge in [-0.25, -0.2) is 4.39 Å². The van der Waals surface area contributed by atoms with Crippen LogP contribution in [-0.4, -0.2) is 10.7 Å². The number of hydrogen-bond acceptors (Lipinski definition) is 1. The molecule has 106 valence electrons. The van der Waals surface area contributed by atoms with Crippen LogP contribution in [0.15, 0.2) is 22.7 Å². The summed E-state index contributed by atoms with van der Waals surface area (Å²) in [5, 5.41) is 10.9. The third kappa shape index (κ3) is 3.79. The van der Waals surface area contributed by atoms with Gasteiger partial charge in [-0.05, 0) is 48.3 Å². The zero-order valence-electron chi connectivity index (χ0n) is 11.8. The Morgan fingerprint density at radius 2 is 2.05 bits per heavy atom. The fourth-order valence-corrected chi connectivity index (χ4v) is 4.34. The van der Waals surface area contributed by atoms with Crippen molar-refractivity contribution >= 4 is 15.9 Å². The lowest BCUT2D eigenvalue weighted by Gasteiger charge is -2.45. The summed E-state index contributed by atoms with van der Waals surface area (Å²) >= 11 is 3.39. The lowest BCUT2D eigenvalue weighted by atomic mass is 9.64. The van der Waals surface area contributed by atoms with Crippen molar-refractivity contribution in [1.29, 1.82) is 0 Å². The third-order valence-corrected chi connectivity index (χ3v) is 4.71. The van der Waals surface area contributed by atoms with E-state index in [1.165, 1.54) is 12.1 Å². The van der Waals surface area contributed by atoms with E-state index in [9.17, 15) is 9.50 Å². The normalized spacial score (nSPS) is 30.3. The van der Waals surface area contributed by atoms with Crippen molar-refractivity contribution in [2.24, 2.45) is 11.3 Å². The second-order valence-electron chi connectivity index (χ2n) is 6.99. The van der Waals surface area contributed by atoms with Crippen LogP contribution in [0.25, 0.3) is 0 Å². The molecular weight excluding hydrogens is 307 g/mol. The molecule has 0 bridgehead atoms. The SMILES string of the molecule is CC1CC(C)(C)CC(O)(Cc2ccc(F)cc2Br)C1. The molecule has 0 amide bonds. The average molecular weight is 329 g/mol. The van der Waals surface area contributed by atoms with E-state index in [0.29, 0.717) is 12.3 Å². The van der Waals surface area contributed by atoms with Crippen molar-refractivity contribution in [3.63, 3.8) is 0 Å². The number of hydrogen-bond donors (Lipinski definition) is 1. The maximum atomic E-state index is 13.1. The van der Waals surface area contributed by atoms with Crippen LogP contribution >= 0.6 is 15.9 Å². The van der Waals surface area contributed by atoms with Gasteiger partial charge in [0.25, 0.3) is 0 Å². The molecule has 2 atom stereocenters. The van der Waals surface area contributed by atoms with Crippen LogP contribution in [-0.2, 0) is 6.42 Å². The first kappa shape index (κ1) is 15.0. The Labute approximate surface area is 123 Å². The molecule has 2 rings (SSSR count). The second kappa shape index (κ2) is 5.17. The Balaban J connectivity index is 2.21. The quantitative estimate of drug-likeness (QED) is 0.833. The lowest BCUT2D eigenvalue weighted by molar-refractivity contribution is -0.0575. The van der Waals surface area contributed by atoms with E-state index in [-0.39, 0.29) is 11.2 Å². The smallest absolute Gasteiger partial charge is 0.124 e. The van der Waals surface area contributed by atoms with Gasteiger partial charge in [0, 0.05) is 10.9 Å². The standard InChI is InChI=1S/C16H22BrFO/c1-11-7-15(2,3)10-16(19,8-11)9-12-4-5-13(18)6-14(12)17/h4-6,11,19H,7-10H2,1-3H3. The zero-order valence-corrected chi connectivity index (χ0v) is 13.4. The van der Waals surface area contributed by atoms with Gasteiger partial charge in [0.1, 0.15) is 5.82 Å². The molecule has 1 saturated carbocycles. The van der Waals surface area contributed by atoms with Gasteiger partial charge in [0.15, 0.2) is 0 Å². The van der Waals surface area contributed by atoms with Crippen LogP contribution in [0.4, 0.5) is 4.39 Å². The molecule has 1 aromatic rings. The van der Waals surface area contributed by atoms with Gasteiger partial charge in [0.2, 0.25) is 0 Å². The van der Waals surface area contributed by atoms with Crippen molar-refractivity contribution in [2.45, 2.75) is 52.1 Å². The first-order valence-corrected chi connectivity index (χ1v) is 7.65. The van der Waals surface area contributed by atoms with Gasteiger partial charge in [-0.3, -0.25) is 0 Å². The lowest BCUT2D eigenvalue weighted by Crippen LogP contribution is -2.43. The number of halogens is 2. The van der Waals surface area contributed by atoms with E-state index < -0.39 is 5.60 Å². The van der Waals surface area contributed by atoms with Gasteiger partial charge >= 0.3 is 0 Å². The van der Waals surface area contributed by atoms with Gasteiger partial charge in [0.05, 0.1) is 5.60 Å². The first-order chi connectivity index (χ1) is 8.69. The minimum atomic E-state index is -0.679. The molecule has 0 radical (unpaired) electrons. The average Bonchev–Trinajstić information content (AvgIpc) is 2.18. The van der Waals surface area contributed by atoms with E-state index in [1.807, 2.05) is 0 Å². The molecule has 1 fully saturated rings. The molecule has 1 N–H and O–H groups in total. The highest BCUT2D eigenvalue weighted by atomic mass is 79.9. The van der Waals surface area contributed by atoms with Crippen LogP contribution in [0.5, 0.6) is 0 Å². The number of benzene rings is 1. The molecule has 3 heteroatoms. The minimum absolute atomic E-state index is 0.166. The monoisotopic (exact) mass is 328 g/mol. The van der Waals surface area contributed by atoms with Crippen molar-refractivity contribution in [2.75, 3.05) is 0 Å². The second-order valence-corrected chi connectivity index (χ2v) is 7.85. The highest BCUT2D eigenvalue weighted by Gasteiger charge is 2.41. The highest BCUT2D eigenvalue weighted by Crippen LogP contribution is 2.45. The Morgan fingerprint density at radius 3 is 2.63 bits per heavy atom. The van der Waals surface area contributed by atoms with E-state index >= 15 is 0 Å². The summed E-state index contributed by atoms with van der Waals surface area (Å²) in [5.74, 6) is 0.271. The maximum Gasteiger partial charge on any atom is 0.124 e. The predicted octanol–water partition coefficient (Wildman–Crippen LogP) is 4.71. The molecule has 0 saturated heterocycles. The van der Waals surface area contributed by atoms with E-state index in [1.54, 1.807) is 6.07 Å². The van der Waals surface area contributed by atoms with Crippen molar-refractivity contribution in [3.05, 3.63) is 34.1 Å². The number of rotatable bonds is 2. The topological polar surface area (TPSA) is 20.2 Å². The maximum absolute atomic E-state index is 13.1. The van der Waals surface area contributed by atoms with Crippen molar-refractivity contribution in [3.8, 4) is 0 Å². The van der Waals surface area contributed by atoms with E-state index in [0.717, 1.165) is 29.3 Å². The minimum Gasteiger partial charge on any atom is -0.390 e. The van der Waals surface area contributed by atoms with E-state index in [4.69, 9.17) is 0 Å². The fraction of sp³-hybridized carbons (Fsp3) is 0.625. The predicted molar refractivity (Wildman–Crippen MR) is 79.5 cm³/mol. The van der Waals surface area contributed by atoms with Crippen molar-refractivity contribution in [1.82, 2.24) is 0 Å². The summed E-state index contributed by atoms with van der Waals surface area (Å²) in [6.45, 7) is 6.63. The largest absolute Gasteiger partial charge is 0.390 e. The van der Waals surface area contributed by atoms with Gasteiger partial charge in [-0.15, -0.1) is 0 Å². The number of aliphatic hydroxyl groups is 1. The molecular formula is C16H22BrFO. The fourth-order valence-electron chi connectivity index (χ4n) is 3.85. The molecule has 1 aromatic carbocycles. The van der Waals surface area contributed by atoms with Gasteiger partial charge in [-0.2, -0.15) is 0 Å². The van der Waals surface area contributed by atoms with Crippen LogP contribution in [0.3, 0.4) is 0 Å². The molecule has 0 spiro atoms. The van der Waals surface area contributed by atoms with Crippen molar-refractivity contribution < 1.29 is 9.50 Å². The van der Waals surface area contributed by atoms with Crippen LogP contribution < -0.4 is 0 Å². The summed E-state index contributed by atoms with van der Waals surface area (Å²) < 4.78 is 13.9. The zero-order chi connectivity index (χ0) is 14.3. The summed E-state index contributed by atoms with van der Waals surface area (Å²) in [5.41, 5.74) is 0.467. The highest BCUT2D eigenvalue weighted by molar-refractivity contribution is 9.10. The first-order valence-electron chi connectivity index (χ1n) is 6.85. The molecule has 0 heterocycles. The summed E-state index contributed by atoms with van der Waals surface area (Å²) in [7, 11) is 0. The summed E-state index contributed by atoms with van der Waals surface area (Å²) in [4.78, 5) is 0. The molecule has 0 aliphatic heterocycles. The Kier molecular flexibility index (Phi) is 4.08. The van der Waals surface area contributed by atoms with Crippen LogP contribution in [0, 0.1) is 17.2 Å². The molecule has 1 nitrogen and oxygen atoms in total. The molecule has 19 heavy (non-hydrogen) atoms. The molecule has 2 unspecified atom stereocenters. The summed E-state index contributed by atoms with van der Waals surface area (Å²) in [6.07, 6.45) is 3.36. The van der Waals surface area contributed by atoms with Gasteiger partial charge < -0.3 is 5.11 Å². The van der Waals surface area contributed by atoms with Crippen LogP contribution in [0.2, 0.25) is 0 Å². The molecule has 1 aliphatic rings. The summed E-state index contributed by atoms with van der Waals surface area (Å²) in [6, 6.07) is 4.70. The Hall–Kier alpha value is -0.410. The Bertz CT molecular complexity index is 472.